The first-order valence-corrected chi connectivity index (χ1v) is 12.8. The van der Waals surface area contributed by atoms with Gasteiger partial charge in [-0.15, -0.1) is 11.3 Å². The molecule has 1 N–H and O–H groups in total. The van der Waals surface area contributed by atoms with Gasteiger partial charge in [0.25, 0.3) is 5.91 Å². The molecule has 4 aromatic rings. The van der Waals surface area contributed by atoms with E-state index in [0.29, 0.717) is 22.2 Å². The van der Waals surface area contributed by atoms with Gasteiger partial charge in [0.1, 0.15) is 17.3 Å². The number of likely N-dealkylation sites (N-methyl/N-ethyl adjacent to an activating group) is 1. The molecule has 0 atom stereocenters. The van der Waals surface area contributed by atoms with Crippen LogP contribution in [0.3, 0.4) is 0 Å². The molecule has 1 amide bonds. The van der Waals surface area contributed by atoms with Crippen molar-refractivity contribution in [2.24, 2.45) is 0 Å². The van der Waals surface area contributed by atoms with Crippen molar-refractivity contribution in [3.63, 3.8) is 0 Å². The van der Waals surface area contributed by atoms with Crippen molar-refractivity contribution in [1.29, 1.82) is 0 Å². The van der Waals surface area contributed by atoms with Crippen LogP contribution in [0, 0.1) is 5.82 Å². The molecule has 0 saturated carbocycles. The molecule has 0 unspecified atom stereocenters. The molecular weight excluding hydrogens is 477 g/mol. The number of rotatable bonds is 6. The highest BCUT2D eigenvalue weighted by Gasteiger charge is 2.21. The highest BCUT2D eigenvalue weighted by atomic mass is 32.1. The molecule has 0 spiro atoms. The Kier molecular flexibility index (Phi) is 6.80. The van der Waals surface area contributed by atoms with Gasteiger partial charge in [0.15, 0.2) is 5.01 Å². The standard InChI is InChI=1S/C26H28FN7OS/c1-17(2)34-16-29-23(18-4-6-19(27)7-5-18)24(34)21-15-36-26(30-21)25(35)31-22-9-8-20(14-28-22)33-12-10-32(3)11-13-33/h4-9,14-17H,10-13H2,1-3H3,(H,28,31,35). The van der Waals surface area contributed by atoms with E-state index in [9.17, 15) is 9.18 Å². The molecule has 5 rings (SSSR count). The van der Waals surface area contributed by atoms with Crippen molar-refractivity contribution in [2.45, 2.75) is 19.9 Å². The molecule has 186 valence electrons. The molecule has 8 nitrogen and oxygen atoms in total. The highest BCUT2D eigenvalue weighted by Crippen LogP contribution is 2.34. The predicted octanol–water partition coefficient (Wildman–Crippen LogP) is 4.79. The maximum absolute atomic E-state index is 13.5. The number of nitrogens with zero attached hydrogens (tertiary/aromatic N) is 6. The van der Waals surface area contributed by atoms with E-state index in [1.807, 2.05) is 22.1 Å². The number of thiazole rings is 1. The summed E-state index contributed by atoms with van der Waals surface area (Å²) in [7, 11) is 2.12. The van der Waals surface area contributed by atoms with Gasteiger partial charge in [0.2, 0.25) is 0 Å². The zero-order valence-corrected chi connectivity index (χ0v) is 21.3. The lowest BCUT2D eigenvalue weighted by atomic mass is 10.1. The van der Waals surface area contributed by atoms with Crippen LogP contribution in [0.15, 0.2) is 54.3 Å². The Balaban J connectivity index is 1.34. The molecule has 4 heterocycles. The molecule has 1 aliphatic rings. The minimum absolute atomic E-state index is 0.128. The molecule has 1 fully saturated rings. The topological polar surface area (TPSA) is 79.2 Å². The van der Waals surface area contributed by atoms with Gasteiger partial charge in [-0.05, 0) is 57.3 Å². The number of carbonyl (C=O) groups is 1. The van der Waals surface area contributed by atoms with Crippen LogP contribution in [0.2, 0.25) is 0 Å². The third-order valence-electron chi connectivity index (χ3n) is 6.27. The number of amides is 1. The van der Waals surface area contributed by atoms with E-state index in [2.05, 4.69) is 51.0 Å². The Labute approximate surface area is 213 Å². The molecule has 10 heteroatoms. The van der Waals surface area contributed by atoms with E-state index in [-0.39, 0.29) is 17.8 Å². The number of aromatic nitrogens is 4. The number of halogens is 1. The smallest absolute Gasteiger partial charge is 0.285 e. The third-order valence-corrected chi connectivity index (χ3v) is 7.11. The molecule has 1 saturated heterocycles. The lowest BCUT2D eigenvalue weighted by Gasteiger charge is -2.33. The fourth-order valence-electron chi connectivity index (χ4n) is 4.19. The molecule has 1 aliphatic heterocycles. The minimum Gasteiger partial charge on any atom is -0.368 e. The van der Waals surface area contributed by atoms with Crippen LogP contribution in [0.1, 0.15) is 29.7 Å². The Morgan fingerprint density at radius 2 is 1.81 bits per heavy atom. The highest BCUT2D eigenvalue weighted by molar-refractivity contribution is 7.12. The molecule has 0 radical (unpaired) electrons. The Morgan fingerprint density at radius 1 is 1.06 bits per heavy atom. The van der Waals surface area contributed by atoms with Gasteiger partial charge < -0.3 is 19.7 Å². The van der Waals surface area contributed by atoms with Gasteiger partial charge >= 0.3 is 0 Å². The zero-order chi connectivity index (χ0) is 25.2. The minimum atomic E-state index is -0.315. The SMILES string of the molecule is CC(C)n1cnc(-c2ccc(F)cc2)c1-c1csc(C(=O)Nc2ccc(N3CCN(C)CC3)cn2)n1. The van der Waals surface area contributed by atoms with E-state index in [1.54, 1.807) is 24.7 Å². The summed E-state index contributed by atoms with van der Waals surface area (Å²) in [5.74, 6) is -0.139. The fraction of sp³-hybridized carbons (Fsp3) is 0.308. The van der Waals surface area contributed by atoms with Crippen molar-refractivity contribution in [3.8, 4) is 22.6 Å². The van der Waals surface area contributed by atoms with Crippen molar-refractivity contribution in [3.05, 3.63) is 65.1 Å². The predicted molar refractivity (Wildman–Crippen MR) is 141 cm³/mol. The van der Waals surface area contributed by atoms with E-state index in [0.717, 1.165) is 43.1 Å². The van der Waals surface area contributed by atoms with Crippen LogP contribution < -0.4 is 10.2 Å². The van der Waals surface area contributed by atoms with Gasteiger partial charge in [-0.1, -0.05) is 0 Å². The summed E-state index contributed by atoms with van der Waals surface area (Å²) in [6.07, 6.45) is 3.55. The van der Waals surface area contributed by atoms with E-state index in [4.69, 9.17) is 0 Å². The second kappa shape index (κ2) is 10.2. The van der Waals surface area contributed by atoms with Crippen molar-refractivity contribution >= 4 is 28.7 Å². The molecule has 1 aromatic carbocycles. The maximum Gasteiger partial charge on any atom is 0.285 e. The van der Waals surface area contributed by atoms with Crippen LogP contribution in [0.4, 0.5) is 15.9 Å². The van der Waals surface area contributed by atoms with Gasteiger partial charge in [-0.3, -0.25) is 4.79 Å². The Morgan fingerprint density at radius 3 is 2.47 bits per heavy atom. The average molecular weight is 506 g/mol. The zero-order valence-electron chi connectivity index (χ0n) is 20.5. The quantitative estimate of drug-likeness (QED) is 0.406. The second-order valence-corrected chi connectivity index (χ2v) is 9.99. The molecule has 36 heavy (non-hydrogen) atoms. The van der Waals surface area contributed by atoms with E-state index >= 15 is 0 Å². The van der Waals surface area contributed by atoms with Gasteiger partial charge in [-0.25, -0.2) is 19.3 Å². The summed E-state index contributed by atoms with van der Waals surface area (Å²) in [6, 6.07) is 10.2. The first kappa shape index (κ1) is 24.1. The Hall–Kier alpha value is -3.63. The van der Waals surface area contributed by atoms with Gasteiger partial charge in [-0.2, -0.15) is 0 Å². The van der Waals surface area contributed by atoms with Crippen LogP contribution in [0.5, 0.6) is 0 Å². The summed E-state index contributed by atoms with van der Waals surface area (Å²) in [5.41, 5.74) is 3.97. The third kappa shape index (κ3) is 5.00. The van der Waals surface area contributed by atoms with Crippen LogP contribution in [0.25, 0.3) is 22.6 Å². The van der Waals surface area contributed by atoms with Crippen molar-refractivity contribution in [1.82, 2.24) is 24.4 Å². The number of nitrogens with one attached hydrogen (secondary N) is 1. The number of hydrogen-bond donors (Lipinski definition) is 1. The molecule has 3 aromatic heterocycles. The first-order chi connectivity index (χ1) is 17.4. The normalized spacial score (nSPS) is 14.4. The molecule has 0 bridgehead atoms. The monoisotopic (exact) mass is 505 g/mol. The van der Waals surface area contributed by atoms with Gasteiger partial charge in [0.05, 0.1) is 29.6 Å². The van der Waals surface area contributed by atoms with Crippen molar-refractivity contribution < 1.29 is 9.18 Å². The average Bonchev–Trinajstić information content (AvgIpc) is 3.53. The maximum atomic E-state index is 13.5. The second-order valence-electron chi connectivity index (χ2n) is 9.13. The van der Waals surface area contributed by atoms with Crippen molar-refractivity contribution in [2.75, 3.05) is 43.4 Å². The lowest BCUT2D eigenvalue weighted by molar-refractivity contribution is 0.102. The van der Waals surface area contributed by atoms with Crippen LogP contribution in [-0.4, -0.2) is 63.6 Å². The van der Waals surface area contributed by atoms with E-state index < -0.39 is 0 Å². The summed E-state index contributed by atoms with van der Waals surface area (Å²) in [5, 5.41) is 5.03. The molecular formula is C26H28FN7OS. The summed E-state index contributed by atoms with van der Waals surface area (Å²) in [4.78, 5) is 31.2. The number of benzene rings is 1. The summed E-state index contributed by atoms with van der Waals surface area (Å²) in [6.45, 7) is 8.05. The fourth-order valence-corrected chi connectivity index (χ4v) is 4.89. The number of piperazine rings is 1. The van der Waals surface area contributed by atoms with E-state index in [1.165, 1.54) is 23.5 Å². The Bertz CT molecular complexity index is 1340. The van der Waals surface area contributed by atoms with Gasteiger partial charge in [0, 0.05) is 43.2 Å². The first-order valence-electron chi connectivity index (χ1n) is 11.9. The number of imidazole rings is 1. The molecule has 0 aliphatic carbocycles. The van der Waals surface area contributed by atoms with Crippen LogP contribution >= 0.6 is 11.3 Å². The summed E-state index contributed by atoms with van der Waals surface area (Å²) >= 11 is 1.26. The number of carbonyl (C=O) groups excluding carboxylic acids is 1. The number of hydrogen-bond acceptors (Lipinski definition) is 7. The number of anilines is 2. The largest absolute Gasteiger partial charge is 0.368 e. The summed E-state index contributed by atoms with van der Waals surface area (Å²) < 4.78 is 15.5. The number of pyridine rings is 1. The van der Waals surface area contributed by atoms with Crippen LogP contribution in [-0.2, 0) is 0 Å². The lowest BCUT2D eigenvalue weighted by Crippen LogP contribution is -2.44.